The van der Waals surface area contributed by atoms with Crippen molar-refractivity contribution in [2.24, 2.45) is 4.99 Å². The van der Waals surface area contributed by atoms with E-state index in [0.29, 0.717) is 0 Å². The van der Waals surface area contributed by atoms with Gasteiger partial charge in [-0.3, -0.25) is 9.98 Å². The standard InChI is InChI=1S/C57H39N3/c1-3-13-38(14-4-1)39-22-24-40(25-23-39)44-30-31-54-52(37-44)56(43-15-5-2-6-16-43)60-57(59-54)49-35-47(41-26-28-42(29-27-41)53-21-11-12-32-58-53)34-48(36-49)55-50-19-9-7-17-45(50)33-46-18-8-10-20-51(46)55/h1-37,57,59H. The van der Waals surface area contributed by atoms with E-state index in [1.807, 2.05) is 18.3 Å². The van der Waals surface area contributed by atoms with Crippen LogP contribution in [-0.4, -0.2) is 10.7 Å². The molecule has 3 heteroatoms. The number of benzene rings is 9. The van der Waals surface area contributed by atoms with Gasteiger partial charge < -0.3 is 5.32 Å². The average Bonchev–Trinajstić information content (AvgIpc) is 3.33. The summed E-state index contributed by atoms with van der Waals surface area (Å²) in [5.41, 5.74) is 16.7. The number of anilines is 1. The lowest BCUT2D eigenvalue weighted by molar-refractivity contribution is 0.829. The van der Waals surface area contributed by atoms with Gasteiger partial charge in [-0.1, -0.05) is 170 Å². The molecule has 9 aromatic carbocycles. The van der Waals surface area contributed by atoms with Crippen LogP contribution in [0.2, 0.25) is 0 Å². The molecule has 1 unspecified atom stereocenters. The van der Waals surface area contributed by atoms with Crippen molar-refractivity contribution in [1.29, 1.82) is 0 Å². The number of rotatable bonds is 7. The largest absolute Gasteiger partial charge is 0.360 e. The van der Waals surface area contributed by atoms with E-state index in [2.05, 4.69) is 217 Å². The maximum atomic E-state index is 5.60. The summed E-state index contributed by atoms with van der Waals surface area (Å²) in [6.07, 6.45) is 1.51. The quantitative estimate of drug-likeness (QED) is 0.164. The number of aliphatic imine (C=N–C) groups is 1. The second-order valence-electron chi connectivity index (χ2n) is 15.4. The highest BCUT2D eigenvalue weighted by atomic mass is 15.1. The first-order chi connectivity index (χ1) is 29.7. The first-order valence-electron chi connectivity index (χ1n) is 20.5. The number of pyridine rings is 1. The lowest BCUT2D eigenvalue weighted by atomic mass is 9.88. The maximum Gasteiger partial charge on any atom is 0.145 e. The van der Waals surface area contributed by atoms with Crippen LogP contribution in [0.25, 0.3) is 77.3 Å². The van der Waals surface area contributed by atoms with Gasteiger partial charge in [-0.2, -0.15) is 0 Å². The highest BCUT2D eigenvalue weighted by Gasteiger charge is 2.25. The fourth-order valence-electron chi connectivity index (χ4n) is 8.71. The topological polar surface area (TPSA) is 37.3 Å². The zero-order valence-electron chi connectivity index (χ0n) is 32.8. The predicted octanol–water partition coefficient (Wildman–Crippen LogP) is 14.7. The minimum atomic E-state index is -0.337. The maximum absolute atomic E-state index is 5.60. The molecular weight excluding hydrogens is 727 g/mol. The number of hydrogen-bond acceptors (Lipinski definition) is 3. The third kappa shape index (κ3) is 6.62. The second-order valence-corrected chi connectivity index (χ2v) is 15.4. The number of nitrogens with zero attached hydrogens (tertiary/aromatic N) is 2. The van der Waals surface area contributed by atoms with Crippen LogP contribution < -0.4 is 5.32 Å². The van der Waals surface area contributed by atoms with Crippen molar-refractivity contribution < 1.29 is 0 Å². The van der Waals surface area contributed by atoms with Crippen LogP contribution in [0.1, 0.15) is 22.9 Å². The van der Waals surface area contributed by atoms with E-state index in [-0.39, 0.29) is 6.17 Å². The Morgan fingerprint density at radius 3 is 1.57 bits per heavy atom. The Balaban J connectivity index is 1.06. The van der Waals surface area contributed by atoms with Gasteiger partial charge in [0.15, 0.2) is 0 Å². The zero-order valence-corrected chi connectivity index (χ0v) is 32.8. The van der Waals surface area contributed by atoms with Gasteiger partial charge in [0.25, 0.3) is 0 Å². The smallest absolute Gasteiger partial charge is 0.145 e. The molecule has 60 heavy (non-hydrogen) atoms. The summed E-state index contributed by atoms with van der Waals surface area (Å²) < 4.78 is 0. The van der Waals surface area contributed by atoms with Gasteiger partial charge in [-0.05, 0) is 120 Å². The molecule has 0 saturated heterocycles. The lowest BCUT2D eigenvalue weighted by Crippen LogP contribution is -2.21. The third-order valence-corrected chi connectivity index (χ3v) is 11.7. The Morgan fingerprint density at radius 1 is 0.367 bits per heavy atom. The Morgan fingerprint density at radius 2 is 0.900 bits per heavy atom. The monoisotopic (exact) mass is 765 g/mol. The van der Waals surface area contributed by atoms with Gasteiger partial charge in [0.2, 0.25) is 0 Å². The van der Waals surface area contributed by atoms with Crippen LogP contribution in [0.5, 0.6) is 0 Å². The van der Waals surface area contributed by atoms with Crippen LogP contribution in [0.15, 0.2) is 230 Å². The molecule has 0 fully saturated rings. The lowest BCUT2D eigenvalue weighted by Gasteiger charge is -2.28. The molecule has 3 nitrogen and oxygen atoms in total. The molecule has 10 aromatic rings. The van der Waals surface area contributed by atoms with Crippen molar-refractivity contribution in [2.75, 3.05) is 5.32 Å². The molecule has 1 N–H and O–H groups in total. The van der Waals surface area contributed by atoms with Crippen molar-refractivity contribution in [3.8, 4) is 55.8 Å². The molecule has 0 saturated carbocycles. The van der Waals surface area contributed by atoms with Crippen LogP contribution in [-0.2, 0) is 0 Å². The fourth-order valence-corrected chi connectivity index (χ4v) is 8.71. The first-order valence-corrected chi connectivity index (χ1v) is 20.5. The molecular formula is C57H39N3. The second kappa shape index (κ2) is 15.1. The third-order valence-electron chi connectivity index (χ3n) is 11.7. The Bertz CT molecular complexity index is 3140. The van der Waals surface area contributed by atoms with Crippen LogP contribution in [0, 0.1) is 0 Å². The summed E-state index contributed by atoms with van der Waals surface area (Å²) in [5, 5.41) is 8.78. The number of fused-ring (bicyclic) bond motifs is 3. The van der Waals surface area contributed by atoms with E-state index >= 15 is 0 Å². The van der Waals surface area contributed by atoms with Crippen LogP contribution in [0.4, 0.5) is 5.69 Å². The van der Waals surface area contributed by atoms with E-state index in [1.54, 1.807) is 0 Å². The summed E-state index contributed by atoms with van der Waals surface area (Å²) >= 11 is 0. The predicted molar refractivity (Wildman–Crippen MR) is 251 cm³/mol. The van der Waals surface area contributed by atoms with E-state index in [1.165, 1.54) is 43.8 Å². The summed E-state index contributed by atoms with van der Waals surface area (Å²) in [5.74, 6) is 0. The number of aromatic nitrogens is 1. The molecule has 0 radical (unpaired) electrons. The summed E-state index contributed by atoms with van der Waals surface area (Å²) in [7, 11) is 0. The fraction of sp³-hybridized carbons (Fsp3) is 0.0175. The van der Waals surface area contributed by atoms with Crippen molar-refractivity contribution in [1.82, 2.24) is 4.98 Å². The van der Waals surface area contributed by atoms with Gasteiger partial charge >= 0.3 is 0 Å². The molecule has 0 spiro atoms. The SMILES string of the molecule is c1ccc(C2=NC(c3cc(-c4ccc(-c5ccccn5)cc4)cc(-c4c5ccccc5cc5ccccc45)c3)Nc3ccc(-c4ccc(-c5ccccc5)cc4)cc32)cc1. The summed E-state index contributed by atoms with van der Waals surface area (Å²) in [6.45, 7) is 0. The Labute approximate surface area is 350 Å². The van der Waals surface area contributed by atoms with Gasteiger partial charge in [-0.15, -0.1) is 0 Å². The normalized spacial score (nSPS) is 13.4. The van der Waals surface area contributed by atoms with E-state index in [9.17, 15) is 0 Å². The van der Waals surface area contributed by atoms with Crippen molar-refractivity contribution in [3.63, 3.8) is 0 Å². The molecule has 282 valence electrons. The molecule has 1 aliphatic heterocycles. The molecule has 1 aromatic heterocycles. The van der Waals surface area contributed by atoms with Gasteiger partial charge in [0.05, 0.1) is 11.4 Å². The molecule has 11 rings (SSSR count). The highest BCUT2D eigenvalue weighted by molar-refractivity contribution is 6.17. The van der Waals surface area contributed by atoms with Gasteiger partial charge in [0, 0.05) is 28.6 Å². The van der Waals surface area contributed by atoms with Crippen LogP contribution >= 0.6 is 0 Å². The minimum absolute atomic E-state index is 0.337. The van der Waals surface area contributed by atoms with Crippen LogP contribution in [0.3, 0.4) is 0 Å². The molecule has 2 heterocycles. The van der Waals surface area contributed by atoms with E-state index in [4.69, 9.17) is 4.99 Å². The summed E-state index contributed by atoms with van der Waals surface area (Å²) in [4.78, 5) is 10.2. The summed E-state index contributed by atoms with van der Waals surface area (Å²) in [6, 6.07) is 78.3. The molecule has 0 aliphatic carbocycles. The number of nitrogens with one attached hydrogen (secondary N) is 1. The molecule has 1 atom stereocenters. The molecule has 1 aliphatic rings. The van der Waals surface area contributed by atoms with Crippen molar-refractivity contribution >= 4 is 32.9 Å². The Hall–Kier alpha value is -7.88. The first kappa shape index (κ1) is 35.3. The highest BCUT2D eigenvalue weighted by Crippen LogP contribution is 2.42. The van der Waals surface area contributed by atoms with E-state index in [0.717, 1.165) is 61.6 Å². The average molecular weight is 766 g/mol. The number of hydrogen-bond donors (Lipinski definition) is 1. The molecule has 0 amide bonds. The Kier molecular flexibility index (Phi) is 8.90. The van der Waals surface area contributed by atoms with Crippen molar-refractivity contribution in [3.05, 3.63) is 241 Å². The van der Waals surface area contributed by atoms with Crippen molar-refractivity contribution in [2.45, 2.75) is 6.17 Å². The van der Waals surface area contributed by atoms with Gasteiger partial charge in [0.1, 0.15) is 6.17 Å². The minimum Gasteiger partial charge on any atom is -0.360 e. The zero-order chi connectivity index (χ0) is 39.8. The molecule has 0 bridgehead atoms. The van der Waals surface area contributed by atoms with E-state index < -0.39 is 0 Å². The van der Waals surface area contributed by atoms with Gasteiger partial charge in [-0.25, -0.2) is 0 Å².